The lowest BCUT2D eigenvalue weighted by molar-refractivity contribution is 0.143. The summed E-state index contributed by atoms with van der Waals surface area (Å²) in [7, 11) is 0. The third-order valence-electron chi connectivity index (χ3n) is 4.60. The van der Waals surface area contributed by atoms with E-state index in [-0.39, 0.29) is 18.6 Å². The summed E-state index contributed by atoms with van der Waals surface area (Å²) in [5.74, 6) is 1.11. The van der Waals surface area contributed by atoms with E-state index in [0.717, 1.165) is 25.2 Å². The molecule has 0 unspecified atom stereocenters. The molecule has 6 nitrogen and oxygen atoms in total. The van der Waals surface area contributed by atoms with Gasteiger partial charge in [-0.2, -0.15) is 0 Å². The number of carbonyl (C=O) groups is 1. The fraction of sp³-hybridized carbons (Fsp3) is 0.316. The minimum Gasteiger partial charge on any atom is -0.454 e. The normalized spacial score (nSPS) is 16.6. The summed E-state index contributed by atoms with van der Waals surface area (Å²) in [5, 5.41) is 2.90. The molecule has 2 aromatic carbocycles. The predicted octanol–water partition coefficient (Wildman–Crippen LogP) is 2.90. The second kappa shape index (κ2) is 7.21. The van der Waals surface area contributed by atoms with E-state index in [2.05, 4.69) is 10.2 Å². The van der Waals surface area contributed by atoms with Crippen molar-refractivity contribution in [3.05, 3.63) is 53.8 Å². The number of halogens is 1. The average molecular weight is 357 g/mol. The highest BCUT2D eigenvalue weighted by Gasteiger charge is 2.22. The molecule has 7 heteroatoms. The molecular formula is C19H20FN3O3. The minimum atomic E-state index is -0.223. The highest BCUT2D eigenvalue weighted by molar-refractivity contribution is 5.89. The lowest BCUT2D eigenvalue weighted by Gasteiger charge is -2.34. The first-order valence-electron chi connectivity index (χ1n) is 8.60. The molecule has 0 radical (unpaired) electrons. The van der Waals surface area contributed by atoms with Gasteiger partial charge in [-0.05, 0) is 29.8 Å². The second-order valence-electron chi connectivity index (χ2n) is 6.39. The fourth-order valence-corrected chi connectivity index (χ4v) is 3.13. The molecule has 0 bridgehead atoms. The quantitative estimate of drug-likeness (QED) is 0.918. The number of ether oxygens (including phenoxy) is 2. The van der Waals surface area contributed by atoms with Crippen LogP contribution in [0.3, 0.4) is 0 Å². The fourth-order valence-electron chi connectivity index (χ4n) is 3.13. The molecule has 2 aromatic rings. The van der Waals surface area contributed by atoms with Crippen LogP contribution < -0.4 is 14.8 Å². The summed E-state index contributed by atoms with van der Waals surface area (Å²) in [5.41, 5.74) is 1.76. The van der Waals surface area contributed by atoms with Gasteiger partial charge in [0, 0.05) is 44.5 Å². The van der Waals surface area contributed by atoms with Crippen LogP contribution in [0.4, 0.5) is 14.9 Å². The third-order valence-corrected chi connectivity index (χ3v) is 4.60. The van der Waals surface area contributed by atoms with Crippen molar-refractivity contribution in [2.75, 3.05) is 38.3 Å². The van der Waals surface area contributed by atoms with Gasteiger partial charge in [-0.15, -0.1) is 0 Å². The summed E-state index contributed by atoms with van der Waals surface area (Å²) in [6.07, 6.45) is 0. The smallest absolute Gasteiger partial charge is 0.321 e. The van der Waals surface area contributed by atoms with Gasteiger partial charge in [0.25, 0.3) is 0 Å². The van der Waals surface area contributed by atoms with E-state index in [1.165, 1.54) is 12.1 Å². The molecule has 2 aliphatic rings. The first kappa shape index (κ1) is 16.7. The Balaban J connectivity index is 1.28. The van der Waals surface area contributed by atoms with Crippen LogP contribution in [-0.2, 0) is 6.54 Å². The molecule has 0 saturated carbocycles. The van der Waals surface area contributed by atoms with Gasteiger partial charge >= 0.3 is 6.03 Å². The van der Waals surface area contributed by atoms with Crippen LogP contribution in [0.1, 0.15) is 5.56 Å². The molecule has 0 atom stereocenters. The Morgan fingerprint density at radius 3 is 2.50 bits per heavy atom. The highest BCUT2D eigenvalue weighted by atomic mass is 19.1. The maximum atomic E-state index is 13.0. The Hall–Kier alpha value is -2.80. The van der Waals surface area contributed by atoms with Crippen molar-refractivity contribution in [3.8, 4) is 11.5 Å². The molecule has 2 amide bonds. The van der Waals surface area contributed by atoms with Crippen molar-refractivity contribution in [3.63, 3.8) is 0 Å². The zero-order chi connectivity index (χ0) is 17.9. The number of urea groups is 1. The summed E-state index contributed by atoms with van der Waals surface area (Å²) < 4.78 is 23.6. The third kappa shape index (κ3) is 3.72. The zero-order valence-corrected chi connectivity index (χ0v) is 14.3. The van der Waals surface area contributed by atoms with Gasteiger partial charge in [-0.25, -0.2) is 9.18 Å². The number of anilines is 1. The van der Waals surface area contributed by atoms with E-state index in [1.807, 2.05) is 0 Å². The van der Waals surface area contributed by atoms with Gasteiger partial charge in [0.2, 0.25) is 6.79 Å². The summed E-state index contributed by atoms with van der Waals surface area (Å²) in [4.78, 5) is 16.5. The molecule has 0 aliphatic carbocycles. The van der Waals surface area contributed by atoms with Crippen LogP contribution in [0.2, 0.25) is 0 Å². The molecule has 4 rings (SSSR count). The molecule has 2 aliphatic heterocycles. The van der Waals surface area contributed by atoms with Crippen LogP contribution in [0.25, 0.3) is 0 Å². The van der Waals surface area contributed by atoms with E-state index < -0.39 is 0 Å². The van der Waals surface area contributed by atoms with Gasteiger partial charge in [-0.1, -0.05) is 12.1 Å². The molecular weight excluding hydrogens is 337 g/mol. The van der Waals surface area contributed by atoms with Crippen molar-refractivity contribution >= 4 is 11.7 Å². The van der Waals surface area contributed by atoms with Crippen molar-refractivity contribution in [1.82, 2.24) is 9.80 Å². The standard InChI is InChI=1S/C19H20FN3O3/c20-15-3-1-14(2-4-15)12-22-7-9-23(10-8-22)19(24)21-16-5-6-17-18(11-16)26-13-25-17/h1-6,11H,7-10,12-13H2,(H,21,24). The number of nitrogens with zero attached hydrogens (tertiary/aromatic N) is 2. The number of rotatable bonds is 3. The van der Waals surface area contributed by atoms with Crippen LogP contribution in [0.5, 0.6) is 11.5 Å². The maximum Gasteiger partial charge on any atom is 0.321 e. The Bertz CT molecular complexity index is 789. The van der Waals surface area contributed by atoms with Crippen LogP contribution in [-0.4, -0.2) is 48.8 Å². The molecule has 0 spiro atoms. The van der Waals surface area contributed by atoms with Gasteiger partial charge in [-0.3, -0.25) is 4.90 Å². The Labute approximate surface area is 151 Å². The summed E-state index contributed by atoms with van der Waals surface area (Å²) in [6.45, 7) is 3.84. The predicted molar refractivity (Wildman–Crippen MR) is 94.8 cm³/mol. The largest absolute Gasteiger partial charge is 0.454 e. The van der Waals surface area contributed by atoms with Crippen molar-refractivity contribution in [2.24, 2.45) is 0 Å². The number of hydrogen-bond acceptors (Lipinski definition) is 4. The number of fused-ring (bicyclic) bond motifs is 1. The molecule has 1 fully saturated rings. The lowest BCUT2D eigenvalue weighted by Crippen LogP contribution is -2.49. The Morgan fingerprint density at radius 1 is 1.00 bits per heavy atom. The van der Waals surface area contributed by atoms with E-state index in [9.17, 15) is 9.18 Å². The molecule has 136 valence electrons. The SMILES string of the molecule is O=C(Nc1ccc2c(c1)OCO2)N1CCN(Cc2ccc(F)cc2)CC1. The topological polar surface area (TPSA) is 54.0 Å². The monoisotopic (exact) mass is 357 g/mol. The van der Waals surface area contributed by atoms with Crippen molar-refractivity contribution in [2.45, 2.75) is 6.54 Å². The second-order valence-corrected chi connectivity index (χ2v) is 6.39. The highest BCUT2D eigenvalue weighted by Crippen LogP contribution is 2.34. The van der Waals surface area contributed by atoms with Crippen molar-refractivity contribution in [1.29, 1.82) is 0 Å². The van der Waals surface area contributed by atoms with Crippen molar-refractivity contribution < 1.29 is 18.7 Å². The number of amides is 2. The van der Waals surface area contributed by atoms with Gasteiger partial charge < -0.3 is 19.7 Å². The molecule has 2 heterocycles. The van der Waals surface area contributed by atoms with Crippen LogP contribution >= 0.6 is 0 Å². The number of benzene rings is 2. The van der Waals surface area contributed by atoms with E-state index >= 15 is 0 Å². The van der Waals surface area contributed by atoms with Gasteiger partial charge in [0.05, 0.1) is 0 Å². The minimum absolute atomic E-state index is 0.120. The van der Waals surface area contributed by atoms with Gasteiger partial charge in [0.15, 0.2) is 11.5 Å². The number of piperazine rings is 1. The molecule has 0 aromatic heterocycles. The zero-order valence-electron chi connectivity index (χ0n) is 14.3. The van der Waals surface area contributed by atoms with E-state index in [0.29, 0.717) is 30.3 Å². The van der Waals surface area contributed by atoms with Crippen LogP contribution in [0, 0.1) is 5.82 Å². The maximum absolute atomic E-state index is 13.0. The molecule has 1 N–H and O–H groups in total. The molecule has 1 saturated heterocycles. The lowest BCUT2D eigenvalue weighted by atomic mass is 10.2. The van der Waals surface area contributed by atoms with Crippen LogP contribution in [0.15, 0.2) is 42.5 Å². The number of nitrogens with one attached hydrogen (secondary N) is 1. The summed E-state index contributed by atoms with van der Waals surface area (Å²) in [6, 6.07) is 11.8. The van der Waals surface area contributed by atoms with E-state index in [4.69, 9.17) is 9.47 Å². The average Bonchev–Trinajstić information content (AvgIpc) is 3.12. The number of carbonyl (C=O) groups excluding carboxylic acids is 1. The first-order chi connectivity index (χ1) is 12.7. The Kier molecular flexibility index (Phi) is 4.62. The Morgan fingerprint density at radius 2 is 1.73 bits per heavy atom. The first-order valence-corrected chi connectivity index (χ1v) is 8.60. The summed E-state index contributed by atoms with van der Waals surface area (Å²) >= 11 is 0. The number of hydrogen-bond donors (Lipinski definition) is 1. The molecule has 26 heavy (non-hydrogen) atoms. The van der Waals surface area contributed by atoms with Gasteiger partial charge in [0.1, 0.15) is 5.82 Å². The van der Waals surface area contributed by atoms with E-state index in [1.54, 1.807) is 35.2 Å².